The molecule has 5 nitrogen and oxygen atoms in total. The highest BCUT2D eigenvalue weighted by Crippen LogP contribution is 2.36. The number of oxazole rings is 1. The Morgan fingerprint density at radius 2 is 2.00 bits per heavy atom. The van der Waals surface area contributed by atoms with Crippen LogP contribution in [-0.2, 0) is 11.3 Å². The molecule has 8 heteroatoms. The van der Waals surface area contributed by atoms with Crippen LogP contribution >= 0.6 is 11.8 Å². The molecule has 1 aliphatic rings. The average Bonchev–Trinajstić information content (AvgIpc) is 2.85. The Balaban J connectivity index is 1.48. The lowest BCUT2D eigenvalue weighted by molar-refractivity contribution is -0.131. The topological polar surface area (TPSA) is 55.5 Å². The largest absolute Gasteiger partial charge is 0.420 e. The lowest BCUT2D eigenvalue weighted by Gasteiger charge is -2.20. The van der Waals surface area contributed by atoms with Crippen LogP contribution in [0.2, 0.25) is 0 Å². The van der Waals surface area contributed by atoms with Crippen LogP contribution in [0.5, 0.6) is 0 Å². The second-order valence-electron chi connectivity index (χ2n) is 6.62. The first-order valence-electron chi connectivity index (χ1n) is 8.95. The number of carbonyl (C=O) groups is 1. The molecule has 1 aliphatic heterocycles. The molecule has 0 radical (unpaired) electrons. The summed E-state index contributed by atoms with van der Waals surface area (Å²) in [5.41, 5.74) is 1.34. The van der Waals surface area contributed by atoms with Gasteiger partial charge in [-0.1, -0.05) is 12.1 Å². The Morgan fingerprint density at radius 3 is 2.86 bits per heavy atom. The van der Waals surface area contributed by atoms with E-state index in [0.717, 1.165) is 12.1 Å². The molecule has 3 aromatic rings. The summed E-state index contributed by atoms with van der Waals surface area (Å²) in [5, 5.41) is -0.217. The number of carbonyl (C=O) groups excluding carboxylic acids is 1. The van der Waals surface area contributed by atoms with E-state index in [4.69, 9.17) is 4.42 Å². The molecule has 1 amide bonds. The van der Waals surface area contributed by atoms with Gasteiger partial charge in [0.1, 0.15) is 18.2 Å². The van der Waals surface area contributed by atoms with E-state index in [1.807, 2.05) is 0 Å². The second kappa shape index (κ2) is 7.79. The maximum Gasteiger partial charge on any atom is 0.420 e. The number of hydrogen-bond acceptors (Lipinski definition) is 4. The van der Waals surface area contributed by atoms with Gasteiger partial charge in [0.05, 0.1) is 5.52 Å². The standard InChI is InChI=1S/C20H18F2N2O3S/c21-13-5-6-15(22)14(11-13)18-7-8-23(9-10-28-18)19(25)12-24-16-3-1-2-4-17(16)27-20(24)26/h1-6,11,18H,7-10,12H2. The Morgan fingerprint density at radius 1 is 1.18 bits per heavy atom. The summed E-state index contributed by atoms with van der Waals surface area (Å²) in [5.74, 6) is -1.07. The number of benzene rings is 2. The zero-order valence-electron chi connectivity index (χ0n) is 14.9. The van der Waals surface area contributed by atoms with Gasteiger partial charge in [-0.2, -0.15) is 11.8 Å². The molecule has 0 saturated carbocycles. The van der Waals surface area contributed by atoms with Gasteiger partial charge >= 0.3 is 5.76 Å². The van der Waals surface area contributed by atoms with Crippen LogP contribution in [0, 0.1) is 11.6 Å². The van der Waals surface area contributed by atoms with Crippen LogP contribution in [-0.4, -0.2) is 34.2 Å². The lowest BCUT2D eigenvalue weighted by Crippen LogP contribution is -2.37. The van der Waals surface area contributed by atoms with Gasteiger partial charge < -0.3 is 9.32 Å². The molecule has 1 unspecified atom stereocenters. The molecule has 4 rings (SSSR count). The smallest absolute Gasteiger partial charge is 0.408 e. The number of thioether (sulfide) groups is 1. The predicted octanol–water partition coefficient (Wildman–Crippen LogP) is 3.58. The molecular formula is C20H18F2N2O3S. The average molecular weight is 404 g/mol. The van der Waals surface area contributed by atoms with Crippen LogP contribution < -0.4 is 5.76 Å². The number of fused-ring (bicyclic) bond motifs is 1. The van der Waals surface area contributed by atoms with E-state index in [0.29, 0.717) is 41.9 Å². The third-order valence-corrected chi connectivity index (χ3v) is 6.18. The number of amides is 1. The van der Waals surface area contributed by atoms with Crippen molar-refractivity contribution in [3.63, 3.8) is 0 Å². The minimum Gasteiger partial charge on any atom is -0.408 e. The van der Waals surface area contributed by atoms with Crippen molar-refractivity contribution in [2.24, 2.45) is 0 Å². The molecule has 0 bridgehead atoms. The van der Waals surface area contributed by atoms with Gasteiger partial charge in [0.15, 0.2) is 5.58 Å². The van der Waals surface area contributed by atoms with E-state index in [2.05, 4.69) is 0 Å². The van der Waals surface area contributed by atoms with Crippen molar-refractivity contribution in [2.75, 3.05) is 18.8 Å². The summed E-state index contributed by atoms with van der Waals surface area (Å²) in [7, 11) is 0. The first-order chi connectivity index (χ1) is 13.5. The Hall–Kier alpha value is -2.61. The van der Waals surface area contributed by atoms with Crippen molar-refractivity contribution in [3.8, 4) is 0 Å². The molecule has 1 saturated heterocycles. The van der Waals surface area contributed by atoms with E-state index >= 15 is 0 Å². The van der Waals surface area contributed by atoms with Gasteiger partial charge in [0, 0.05) is 29.7 Å². The molecule has 0 N–H and O–H groups in total. The minimum absolute atomic E-state index is 0.112. The van der Waals surface area contributed by atoms with Crippen molar-refractivity contribution in [1.29, 1.82) is 0 Å². The Labute approximate surface area is 163 Å². The highest BCUT2D eigenvalue weighted by Gasteiger charge is 2.25. The predicted molar refractivity (Wildman–Crippen MR) is 103 cm³/mol. The SMILES string of the molecule is O=C(Cn1c(=O)oc2ccccc21)N1CCSC(c2cc(F)ccc2F)CC1. The summed E-state index contributed by atoms with van der Waals surface area (Å²) in [6, 6.07) is 10.4. The molecular weight excluding hydrogens is 386 g/mol. The molecule has 1 aromatic heterocycles. The van der Waals surface area contributed by atoms with E-state index < -0.39 is 17.4 Å². The van der Waals surface area contributed by atoms with Gasteiger partial charge in [-0.3, -0.25) is 9.36 Å². The molecule has 2 aromatic carbocycles. The first kappa shape index (κ1) is 18.7. The second-order valence-corrected chi connectivity index (χ2v) is 7.93. The highest BCUT2D eigenvalue weighted by molar-refractivity contribution is 7.99. The van der Waals surface area contributed by atoms with E-state index in [1.165, 1.54) is 22.4 Å². The summed E-state index contributed by atoms with van der Waals surface area (Å²) in [4.78, 5) is 26.5. The van der Waals surface area contributed by atoms with Gasteiger partial charge in [0.25, 0.3) is 0 Å². The number of aromatic nitrogens is 1. The minimum atomic E-state index is -0.571. The van der Waals surface area contributed by atoms with Crippen molar-refractivity contribution >= 4 is 28.8 Å². The number of rotatable bonds is 3. The van der Waals surface area contributed by atoms with E-state index in [9.17, 15) is 18.4 Å². The highest BCUT2D eigenvalue weighted by atomic mass is 32.2. The number of halogens is 2. The monoisotopic (exact) mass is 404 g/mol. The van der Waals surface area contributed by atoms with Gasteiger partial charge in [-0.15, -0.1) is 0 Å². The van der Waals surface area contributed by atoms with Crippen LogP contribution in [0.25, 0.3) is 11.1 Å². The Kier molecular flexibility index (Phi) is 5.21. The normalized spacial score (nSPS) is 17.6. The van der Waals surface area contributed by atoms with Crippen molar-refractivity contribution in [3.05, 3.63) is 70.2 Å². The van der Waals surface area contributed by atoms with Gasteiger partial charge in [-0.25, -0.2) is 13.6 Å². The summed E-state index contributed by atoms with van der Waals surface area (Å²) in [6.07, 6.45) is 0.512. The summed E-state index contributed by atoms with van der Waals surface area (Å²) in [6.45, 7) is 0.790. The van der Waals surface area contributed by atoms with Crippen LogP contribution in [0.3, 0.4) is 0 Å². The van der Waals surface area contributed by atoms with E-state index in [1.54, 1.807) is 29.2 Å². The van der Waals surface area contributed by atoms with Crippen LogP contribution in [0.15, 0.2) is 51.7 Å². The molecule has 1 atom stereocenters. The fourth-order valence-corrected chi connectivity index (χ4v) is 4.67. The first-order valence-corrected chi connectivity index (χ1v) is 10.0. The summed E-state index contributed by atoms with van der Waals surface area (Å²) < 4.78 is 34.1. The fraction of sp³-hybridized carbons (Fsp3) is 0.300. The van der Waals surface area contributed by atoms with Gasteiger partial charge in [0.2, 0.25) is 5.91 Å². The maximum absolute atomic E-state index is 14.1. The van der Waals surface area contributed by atoms with Crippen molar-refractivity contribution in [2.45, 2.75) is 18.2 Å². The molecule has 28 heavy (non-hydrogen) atoms. The number of para-hydroxylation sites is 2. The maximum atomic E-state index is 14.1. The van der Waals surface area contributed by atoms with Gasteiger partial charge in [-0.05, 0) is 36.8 Å². The molecule has 146 valence electrons. The van der Waals surface area contributed by atoms with Crippen LogP contribution in [0.1, 0.15) is 17.2 Å². The lowest BCUT2D eigenvalue weighted by atomic mass is 10.1. The zero-order chi connectivity index (χ0) is 19.7. The number of nitrogens with zero attached hydrogens (tertiary/aromatic N) is 2. The number of hydrogen-bond donors (Lipinski definition) is 0. The molecule has 2 heterocycles. The molecule has 0 spiro atoms. The third kappa shape index (κ3) is 3.69. The zero-order valence-corrected chi connectivity index (χ0v) is 15.8. The van der Waals surface area contributed by atoms with E-state index in [-0.39, 0.29) is 17.7 Å². The van der Waals surface area contributed by atoms with Crippen molar-refractivity contribution in [1.82, 2.24) is 9.47 Å². The quantitative estimate of drug-likeness (QED) is 0.670. The third-order valence-electron chi connectivity index (χ3n) is 4.87. The Bertz CT molecular complexity index is 1080. The van der Waals surface area contributed by atoms with Crippen molar-refractivity contribution < 1.29 is 18.0 Å². The summed E-state index contributed by atoms with van der Waals surface area (Å²) >= 11 is 1.51. The fourth-order valence-electron chi connectivity index (χ4n) is 3.43. The molecule has 1 fully saturated rings. The van der Waals surface area contributed by atoms with Crippen LogP contribution in [0.4, 0.5) is 8.78 Å². The molecule has 0 aliphatic carbocycles.